The second-order valence-electron chi connectivity index (χ2n) is 4.80. The summed E-state index contributed by atoms with van der Waals surface area (Å²) in [6.07, 6.45) is -5.57. The van der Waals surface area contributed by atoms with Crippen molar-refractivity contribution in [2.24, 2.45) is 5.41 Å². The molecule has 0 amide bonds. The van der Waals surface area contributed by atoms with Crippen molar-refractivity contribution in [1.29, 1.82) is 0 Å². The molecule has 0 saturated heterocycles. The molecule has 0 radical (unpaired) electrons. The maximum absolute atomic E-state index is 12.5. The summed E-state index contributed by atoms with van der Waals surface area (Å²) in [6, 6.07) is 0. The molecule has 0 aromatic carbocycles. The van der Waals surface area contributed by atoms with E-state index >= 15 is 0 Å². The molecule has 0 rings (SSSR count). The van der Waals surface area contributed by atoms with Gasteiger partial charge in [0, 0.05) is 6.54 Å². The molecule has 0 saturated carbocycles. The van der Waals surface area contributed by atoms with E-state index in [4.69, 9.17) is 0 Å². The van der Waals surface area contributed by atoms with Gasteiger partial charge in [-0.15, -0.1) is 0 Å². The van der Waals surface area contributed by atoms with Gasteiger partial charge in [-0.2, -0.15) is 22.0 Å². The number of hydrogen-bond acceptors (Lipinski definition) is 1. The minimum Gasteiger partial charge on any atom is -0.362 e. The van der Waals surface area contributed by atoms with Crippen LogP contribution in [0.1, 0.15) is 20.8 Å². The molecule has 0 aliphatic heterocycles. The van der Waals surface area contributed by atoms with Gasteiger partial charge in [-0.1, -0.05) is 20.8 Å². The van der Waals surface area contributed by atoms with Crippen LogP contribution >= 0.6 is 12.2 Å². The SMILES string of the molecule is CC(C)(C)CNC(=S)NCC(F)(F)C(F)(F)F. The summed E-state index contributed by atoms with van der Waals surface area (Å²) in [7, 11) is 0. The van der Waals surface area contributed by atoms with Crippen molar-refractivity contribution in [1.82, 2.24) is 10.6 Å². The molecule has 0 heterocycles. The van der Waals surface area contributed by atoms with Gasteiger partial charge in [0.25, 0.3) is 0 Å². The standard InChI is InChI=1S/C9H15F5N2S/c1-7(2,3)4-15-6(17)16-5-8(10,11)9(12,13)14/h4-5H2,1-3H3,(H2,15,16,17). The average Bonchev–Trinajstić information content (AvgIpc) is 2.08. The molecule has 0 aliphatic carbocycles. The van der Waals surface area contributed by atoms with Gasteiger partial charge in [-0.25, -0.2) is 0 Å². The summed E-state index contributed by atoms with van der Waals surface area (Å²) in [6.45, 7) is 4.41. The van der Waals surface area contributed by atoms with Crippen LogP contribution in [0.25, 0.3) is 0 Å². The molecular weight excluding hydrogens is 263 g/mol. The van der Waals surface area contributed by atoms with E-state index in [9.17, 15) is 22.0 Å². The van der Waals surface area contributed by atoms with Crippen molar-refractivity contribution in [2.75, 3.05) is 13.1 Å². The predicted octanol–water partition coefficient (Wildman–Crippen LogP) is 2.69. The van der Waals surface area contributed by atoms with Crippen LogP contribution in [0.3, 0.4) is 0 Å². The van der Waals surface area contributed by atoms with Gasteiger partial charge in [0.2, 0.25) is 0 Å². The van der Waals surface area contributed by atoms with E-state index < -0.39 is 18.6 Å². The molecule has 0 aliphatic rings. The fourth-order valence-corrected chi connectivity index (χ4v) is 0.844. The van der Waals surface area contributed by atoms with Crippen LogP contribution in [0, 0.1) is 5.41 Å². The first kappa shape index (κ1) is 16.3. The molecule has 0 spiro atoms. The second-order valence-corrected chi connectivity index (χ2v) is 5.21. The summed E-state index contributed by atoms with van der Waals surface area (Å²) < 4.78 is 60.4. The Morgan fingerprint density at radius 2 is 1.35 bits per heavy atom. The van der Waals surface area contributed by atoms with Crippen molar-refractivity contribution >= 4 is 17.3 Å². The molecule has 8 heteroatoms. The molecule has 2 N–H and O–H groups in total. The highest BCUT2D eigenvalue weighted by molar-refractivity contribution is 7.80. The lowest BCUT2D eigenvalue weighted by molar-refractivity contribution is -0.278. The Bertz CT molecular complexity index is 270. The van der Waals surface area contributed by atoms with Gasteiger partial charge in [0.05, 0.1) is 6.54 Å². The highest BCUT2D eigenvalue weighted by Crippen LogP contribution is 2.34. The van der Waals surface area contributed by atoms with Crippen molar-refractivity contribution in [2.45, 2.75) is 32.9 Å². The van der Waals surface area contributed by atoms with Gasteiger partial charge >= 0.3 is 12.1 Å². The topological polar surface area (TPSA) is 24.1 Å². The van der Waals surface area contributed by atoms with E-state index in [1.54, 1.807) is 0 Å². The van der Waals surface area contributed by atoms with Crippen LogP contribution in [0.15, 0.2) is 0 Å². The number of hydrogen-bond donors (Lipinski definition) is 2. The number of thiocarbonyl (C=S) groups is 1. The lowest BCUT2D eigenvalue weighted by Gasteiger charge is -2.23. The van der Waals surface area contributed by atoms with Crippen molar-refractivity contribution < 1.29 is 22.0 Å². The van der Waals surface area contributed by atoms with E-state index in [-0.39, 0.29) is 10.5 Å². The van der Waals surface area contributed by atoms with Gasteiger partial charge in [-0.05, 0) is 17.6 Å². The Morgan fingerprint density at radius 3 is 1.71 bits per heavy atom. The molecule has 2 nitrogen and oxygen atoms in total. The monoisotopic (exact) mass is 278 g/mol. The van der Waals surface area contributed by atoms with Crippen molar-refractivity contribution in [3.8, 4) is 0 Å². The van der Waals surface area contributed by atoms with Gasteiger partial charge < -0.3 is 10.6 Å². The zero-order valence-corrected chi connectivity index (χ0v) is 10.5. The van der Waals surface area contributed by atoms with Crippen molar-refractivity contribution in [3.05, 3.63) is 0 Å². The summed E-state index contributed by atoms with van der Waals surface area (Å²) in [4.78, 5) is 0. The summed E-state index contributed by atoms with van der Waals surface area (Å²) in [5, 5.41) is 4.20. The average molecular weight is 278 g/mol. The highest BCUT2D eigenvalue weighted by Gasteiger charge is 2.57. The van der Waals surface area contributed by atoms with E-state index in [1.807, 2.05) is 26.1 Å². The van der Waals surface area contributed by atoms with Crippen LogP contribution < -0.4 is 10.6 Å². The molecule has 0 fully saturated rings. The van der Waals surface area contributed by atoms with Gasteiger partial charge in [-0.3, -0.25) is 0 Å². The van der Waals surface area contributed by atoms with Crippen LogP contribution in [-0.4, -0.2) is 30.3 Å². The molecule has 0 aromatic heterocycles. The zero-order valence-electron chi connectivity index (χ0n) is 9.71. The molecule has 0 aromatic rings. The summed E-state index contributed by atoms with van der Waals surface area (Å²) >= 11 is 4.59. The third kappa shape index (κ3) is 6.60. The Hall–Kier alpha value is -0.660. The smallest absolute Gasteiger partial charge is 0.362 e. The number of rotatable bonds is 3. The minimum absolute atomic E-state index is 0.154. The summed E-state index contributed by atoms with van der Waals surface area (Å²) in [5.41, 5.74) is -0.154. The second kappa shape index (κ2) is 5.32. The lowest BCUT2D eigenvalue weighted by Crippen LogP contribution is -2.49. The third-order valence-electron chi connectivity index (χ3n) is 1.66. The lowest BCUT2D eigenvalue weighted by atomic mass is 9.97. The maximum Gasteiger partial charge on any atom is 0.455 e. The Labute approximate surface area is 102 Å². The number of alkyl halides is 5. The zero-order chi connectivity index (χ0) is 13.9. The van der Waals surface area contributed by atoms with E-state index in [2.05, 4.69) is 17.5 Å². The quantitative estimate of drug-likeness (QED) is 0.613. The molecule has 0 bridgehead atoms. The van der Waals surface area contributed by atoms with Crippen LogP contribution in [-0.2, 0) is 0 Å². The van der Waals surface area contributed by atoms with Crippen molar-refractivity contribution in [3.63, 3.8) is 0 Å². The molecular formula is C9H15F5N2S. The van der Waals surface area contributed by atoms with E-state index in [0.717, 1.165) is 0 Å². The molecule has 102 valence electrons. The molecule has 0 unspecified atom stereocenters. The fraction of sp³-hybridized carbons (Fsp3) is 0.889. The Morgan fingerprint density at radius 1 is 0.941 bits per heavy atom. The normalized spacial score (nSPS) is 13.4. The first-order valence-corrected chi connectivity index (χ1v) is 5.22. The summed E-state index contributed by atoms with van der Waals surface area (Å²) in [5.74, 6) is -4.79. The largest absolute Gasteiger partial charge is 0.455 e. The number of halogens is 5. The number of nitrogens with one attached hydrogen (secondary N) is 2. The van der Waals surface area contributed by atoms with Crippen LogP contribution in [0.4, 0.5) is 22.0 Å². The molecule has 17 heavy (non-hydrogen) atoms. The minimum atomic E-state index is -5.57. The first-order chi connectivity index (χ1) is 7.35. The van der Waals surface area contributed by atoms with Crippen LogP contribution in [0.5, 0.6) is 0 Å². The Kier molecular flexibility index (Phi) is 5.12. The van der Waals surface area contributed by atoms with E-state index in [1.165, 1.54) is 0 Å². The maximum atomic E-state index is 12.5. The van der Waals surface area contributed by atoms with Gasteiger partial charge in [0.15, 0.2) is 5.11 Å². The highest BCUT2D eigenvalue weighted by atomic mass is 32.1. The van der Waals surface area contributed by atoms with Gasteiger partial charge in [0.1, 0.15) is 0 Å². The predicted molar refractivity (Wildman–Crippen MR) is 59.1 cm³/mol. The first-order valence-electron chi connectivity index (χ1n) is 4.81. The third-order valence-corrected chi connectivity index (χ3v) is 1.95. The molecule has 0 atom stereocenters. The van der Waals surface area contributed by atoms with Crippen LogP contribution in [0.2, 0.25) is 0 Å². The van der Waals surface area contributed by atoms with E-state index in [0.29, 0.717) is 6.54 Å². The Balaban J connectivity index is 4.09. The fourth-order valence-electron chi connectivity index (χ4n) is 0.699.